The molecule has 0 aromatic rings. The topological polar surface area (TPSA) is 75.6 Å². The maximum Gasteiger partial charge on any atom is 0.441 e. The van der Waals surface area contributed by atoms with Crippen molar-refractivity contribution < 1.29 is 32.6 Å². The first-order chi connectivity index (χ1) is 7.91. The summed E-state index contributed by atoms with van der Waals surface area (Å²) in [4.78, 5) is 21.9. The number of carboxylic acids is 1. The lowest BCUT2D eigenvalue weighted by Crippen LogP contribution is -2.45. The van der Waals surface area contributed by atoms with Crippen LogP contribution in [-0.2, 0) is 9.53 Å². The van der Waals surface area contributed by atoms with Gasteiger partial charge in [-0.05, 0) is 32.5 Å². The Balaban J connectivity index is 4.37. The Morgan fingerprint density at radius 2 is 1.83 bits per heavy atom. The fraction of sp³-hybridized carbons (Fsp3) is 0.778. The number of rotatable bonds is 4. The molecule has 0 radical (unpaired) electrons. The third-order valence-corrected chi connectivity index (χ3v) is 2.23. The third kappa shape index (κ3) is 8.97. The lowest BCUT2D eigenvalue weighted by atomic mass is 10.2. The molecule has 0 spiro atoms. The van der Waals surface area contributed by atoms with Gasteiger partial charge in [0, 0.05) is 5.75 Å². The maximum atomic E-state index is 11.9. The Labute approximate surface area is 106 Å². The predicted octanol–water partition coefficient (Wildman–Crippen LogP) is 2.22. The standard InChI is InChI=1S/C9H14F3NO4S/c1-8(2,3)17-7(16)13-5(6(14)15)4-18-9(10,11)12/h5H,4H2,1-3H3,(H,13,16)(H,14,15). The number of carbonyl (C=O) groups is 2. The zero-order valence-corrected chi connectivity index (χ0v) is 10.8. The van der Waals surface area contributed by atoms with Crippen molar-refractivity contribution in [1.29, 1.82) is 0 Å². The molecule has 0 saturated carbocycles. The normalized spacial score (nSPS) is 13.9. The van der Waals surface area contributed by atoms with E-state index in [4.69, 9.17) is 9.84 Å². The highest BCUT2D eigenvalue weighted by atomic mass is 32.2. The van der Waals surface area contributed by atoms with E-state index in [1.165, 1.54) is 0 Å². The molecule has 9 heteroatoms. The van der Waals surface area contributed by atoms with Crippen LogP contribution in [0.5, 0.6) is 0 Å². The van der Waals surface area contributed by atoms with Gasteiger partial charge in [0.2, 0.25) is 0 Å². The molecule has 0 aromatic heterocycles. The molecule has 1 amide bonds. The Hall–Kier alpha value is -1.12. The van der Waals surface area contributed by atoms with Gasteiger partial charge in [-0.1, -0.05) is 0 Å². The van der Waals surface area contributed by atoms with E-state index < -0.39 is 46.7 Å². The van der Waals surface area contributed by atoms with Crippen LogP contribution in [0.15, 0.2) is 0 Å². The molecule has 0 rings (SSSR count). The van der Waals surface area contributed by atoms with E-state index in [-0.39, 0.29) is 0 Å². The number of aliphatic carboxylic acids is 1. The van der Waals surface area contributed by atoms with Gasteiger partial charge in [0.05, 0.1) is 0 Å². The van der Waals surface area contributed by atoms with Gasteiger partial charge in [-0.3, -0.25) is 0 Å². The molecular formula is C9H14F3NO4S. The molecule has 0 saturated heterocycles. The number of halogens is 3. The number of nitrogens with one attached hydrogen (secondary N) is 1. The van der Waals surface area contributed by atoms with Crippen molar-refractivity contribution in [3.63, 3.8) is 0 Å². The SMILES string of the molecule is CC(C)(C)OC(=O)NC(CSC(F)(F)F)C(=O)O. The quantitative estimate of drug-likeness (QED) is 0.830. The van der Waals surface area contributed by atoms with Crippen molar-refractivity contribution in [1.82, 2.24) is 5.32 Å². The minimum absolute atomic E-state index is 0.521. The molecule has 0 aliphatic carbocycles. The summed E-state index contributed by atoms with van der Waals surface area (Å²) in [5.41, 5.74) is -5.41. The minimum Gasteiger partial charge on any atom is -0.480 e. The summed E-state index contributed by atoms with van der Waals surface area (Å²) in [7, 11) is 0. The van der Waals surface area contributed by atoms with Crippen LogP contribution >= 0.6 is 11.8 Å². The monoisotopic (exact) mass is 289 g/mol. The largest absolute Gasteiger partial charge is 0.480 e. The van der Waals surface area contributed by atoms with Crippen LogP contribution in [0.2, 0.25) is 0 Å². The highest BCUT2D eigenvalue weighted by Crippen LogP contribution is 2.30. The van der Waals surface area contributed by atoms with E-state index in [1.807, 2.05) is 5.32 Å². The Bertz CT molecular complexity index is 314. The van der Waals surface area contributed by atoms with Crippen LogP contribution in [-0.4, -0.2) is 40.1 Å². The van der Waals surface area contributed by atoms with Gasteiger partial charge < -0.3 is 15.2 Å². The number of alkyl carbamates (subject to hydrolysis) is 1. The first-order valence-corrected chi connectivity index (χ1v) is 5.82. The third-order valence-electron chi connectivity index (χ3n) is 1.40. The summed E-state index contributed by atoms with van der Waals surface area (Å²) in [6, 6.07) is -1.66. The van der Waals surface area contributed by atoms with Crippen molar-refractivity contribution in [3.05, 3.63) is 0 Å². The van der Waals surface area contributed by atoms with E-state index in [2.05, 4.69) is 0 Å². The fourth-order valence-electron chi connectivity index (χ4n) is 0.802. The number of carbonyl (C=O) groups excluding carboxylic acids is 1. The Morgan fingerprint density at radius 3 is 2.17 bits per heavy atom. The molecule has 1 atom stereocenters. The Morgan fingerprint density at radius 1 is 1.33 bits per heavy atom. The lowest BCUT2D eigenvalue weighted by molar-refractivity contribution is -0.138. The molecular weight excluding hydrogens is 275 g/mol. The summed E-state index contributed by atoms with van der Waals surface area (Å²) in [6.45, 7) is 4.65. The number of ether oxygens (including phenoxy) is 1. The first-order valence-electron chi connectivity index (χ1n) is 4.84. The van der Waals surface area contributed by atoms with Crippen molar-refractivity contribution >= 4 is 23.8 Å². The predicted molar refractivity (Wildman–Crippen MR) is 59.3 cm³/mol. The zero-order valence-electron chi connectivity index (χ0n) is 10.00. The average Bonchev–Trinajstić information content (AvgIpc) is 2.06. The summed E-state index contributed by atoms with van der Waals surface area (Å²) in [5, 5.41) is 10.5. The molecule has 1 unspecified atom stereocenters. The summed E-state index contributed by atoms with van der Waals surface area (Å²) in [5.74, 6) is -2.38. The summed E-state index contributed by atoms with van der Waals surface area (Å²) in [6.07, 6.45) is -1.07. The zero-order chi connectivity index (χ0) is 14.6. The van der Waals surface area contributed by atoms with Crippen molar-refractivity contribution in [3.8, 4) is 0 Å². The van der Waals surface area contributed by atoms with E-state index in [1.54, 1.807) is 20.8 Å². The molecule has 2 N–H and O–H groups in total. The number of hydrogen-bond acceptors (Lipinski definition) is 4. The van der Waals surface area contributed by atoms with Crippen molar-refractivity contribution in [2.45, 2.75) is 37.9 Å². The van der Waals surface area contributed by atoms with Crippen LogP contribution in [0.1, 0.15) is 20.8 Å². The molecule has 0 aromatic carbocycles. The van der Waals surface area contributed by atoms with Gasteiger partial charge in [-0.15, -0.1) is 0 Å². The van der Waals surface area contributed by atoms with E-state index in [9.17, 15) is 22.8 Å². The highest BCUT2D eigenvalue weighted by molar-refractivity contribution is 8.00. The summed E-state index contributed by atoms with van der Waals surface area (Å²) < 4.78 is 40.5. The molecule has 0 fully saturated rings. The number of carboxylic acid groups (broad SMARTS) is 1. The maximum absolute atomic E-state index is 11.9. The second-order valence-corrected chi connectivity index (χ2v) is 5.38. The lowest BCUT2D eigenvalue weighted by Gasteiger charge is -2.22. The van der Waals surface area contributed by atoms with E-state index in [0.717, 1.165) is 0 Å². The number of amides is 1. The van der Waals surface area contributed by atoms with Crippen molar-refractivity contribution in [2.75, 3.05) is 5.75 Å². The second kappa shape index (κ2) is 6.17. The molecule has 18 heavy (non-hydrogen) atoms. The van der Waals surface area contributed by atoms with Gasteiger partial charge in [0.1, 0.15) is 11.6 Å². The molecule has 0 heterocycles. The number of thioether (sulfide) groups is 1. The van der Waals surface area contributed by atoms with Gasteiger partial charge in [0.15, 0.2) is 0 Å². The molecule has 106 valence electrons. The van der Waals surface area contributed by atoms with Crippen LogP contribution in [0, 0.1) is 0 Å². The molecule has 0 aliphatic heterocycles. The second-order valence-electron chi connectivity index (χ2n) is 4.29. The van der Waals surface area contributed by atoms with Crippen LogP contribution in [0.25, 0.3) is 0 Å². The number of hydrogen-bond donors (Lipinski definition) is 2. The Kier molecular flexibility index (Phi) is 5.78. The van der Waals surface area contributed by atoms with Gasteiger partial charge in [-0.25, -0.2) is 9.59 Å². The smallest absolute Gasteiger partial charge is 0.441 e. The fourth-order valence-corrected chi connectivity index (χ4v) is 1.38. The number of alkyl halides is 3. The molecule has 0 aliphatic rings. The molecule has 0 bridgehead atoms. The molecule has 5 nitrogen and oxygen atoms in total. The van der Waals surface area contributed by atoms with Gasteiger partial charge in [-0.2, -0.15) is 13.2 Å². The van der Waals surface area contributed by atoms with E-state index >= 15 is 0 Å². The van der Waals surface area contributed by atoms with Gasteiger partial charge in [0.25, 0.3) is 0 Å². The van der Waals surface area contributed by atoms with Crippen molar-refractivity contribution in [2.24, 2.45) is 0 Å². The van der Waals surface area contributed by atoms with E-state index in [0.29, 0.717) is 0 Å². The van der Waals surface area contributed by atoms with Gasteiger partial charge >= 0.3 is 17.6 Å². The minimum atomic E-state index is -4.55. The first kappa shape index (κ1) is 16.9. The van der Waals surface area contributed by atoms with Crippen LogP contribution in [0.3, 0.4) is 0 Å². The summed E-state index contributed by atoms with van der Waals surface area (Å²) >= 11 is -0.521. The highest BCUT2D eigenvalue weighted by Gasteiger charge is 2.32. The van der Waals surface area contributed by atoms with Crippen LogP contribution in [0.4, 0.5) is 18.0 Å². The van der Waals surface area contributed by atoms with Crippen LogP contribution < -0.4 is 5.32 Å². The average molecular weight is 289 g/mol.